The Balaban J connectivity index is 2.68. The number of hydrogen-bond donors (Lipinski definition) is 4. The average molecular weight is 232 g/mol. The molecular weight excluding hydrogens is 220 g/mol. The van der Waals surface area contributed by atoms with E-state index in [4.69, 9.17) is 10.2 Å². The van der Waals surface area contributed by atoms with Crippen molar-refractivity contribution in [3.63, 3.8) is 0 Å². The fourth-order valence-corrected chi connectivity index (χ4v) is 1.74. The molecule has 0 amide bonds. The molecule has 0 saturated heterocycles. The molecule has 1 rings (SSSR count). The highest BCUT2D eigenvalue weighted by Crippen LogP contribution is 2.14. The summed E-state index contributed by atoms with van der Waals surface area (Å²) >= 11 is 1.13. The van der Waals surface area contributed by atoms with Crippen molar-refractivity contribution in [2.75, 3.05) is 6.61 Å². The van der Waals surface area contributed by atoms with E-state index in [0.717, 1.165) is 11.3 Å². The fraction of sp³-hybridized carbons (Fsp3) is 0.444. The van der Waals surface area contributed by atoms with Gasteiger partial charge in [0.2, 0.25) is 5.78 Å². The highest BCUT2D eigenvalue weighted by molar-refractivity contribution is 7.12. The summed E-state index contributed by atoms with van der Waals surface area (Å²) < 4.78 is 0. The molecular formula is C9H12O5S. The topological polar surface area (TPSA) is 98.0 Å². The molecule has 4 N–H and O–H groups in total. The summed E-state index contributed by atoms with van der Waals surface area (Å²) in [7, 11) is 0. The van der Waals surface area contributed by atoms with Gasteiger partial charge in [-0.25, -0.2) is 0 Å². The van der Waals surface area contributed by atoms with Crippen molar-refractivity contribution in [3.8, 4) is 0 Å². The molecule has 84 valence electrons. The molecule has 1 heterocycles. The van der Waals surface area contributed by atoms with Crippen LogP contribution in [0.25, 0.3) is 0 Å². The maximum atomic E-state index is 11.5. The average Bonchev–Trinajstić information content (AvgIpc) is 2.78. The molecule has 0 bridgehead atoms. The number of ketones is 1. The summed E-state index contributed by atoms with van der Waals surface area (Å²) in [6, 6.07) is 3.15. The second kappa shape index (κ2) is 5.34. The van der Waals surface area contributed by atoms with Crippen molar-refractivity contribution in [1.82, 2.24) is 0 Å². The minimum absolute atomic E-state index is 0.298. The lowest BCUT2D eigenvalue weighted by atomic mass is 10.0. The Bertz CT molecular complexity index is 310. The number of aliphatic hydroxyl groups excluding tert-OH is 4. The lowest BCUT2D eigenvalue weighted by Crippen LogP contribution is -2.43. The highest BCUT2D eigenvalue weighted by Gasteiger charge is 2.30. The minimum Gasteiger partial charge on any atom is -0.394 e. The molecule has 1 aromatic rings. The molecule has 0 aromatic carbocycles. The van der Waals surface area contributed by atoms with E-state index in [0.29, 0.717) is 4.88 Å². The molecule has 5 nitrogen and oxygen atoms in total. The summed E-state index contributed by atoms with van der Waals surface area (Å²) in [5, 5.41) is 37.9. The summed E-state index contributed by atoms with van der Waals surface area (Å²) in [4.78, 5) is 11.8. The molecule has 0 fully saturated rings. The van der Waals surface area contributed by atoms with Crippen molar-refractivity contribution in [1.29, 1.82) is 0 Å². The van der Waals surface area contributed by atoms with Gasteiger partial charge in [-0.15, -0.1) is 11.3 Å². The quantitative estimate of drug-likeness (QED) is 0.488. The van der Waals surface area contributed by atoms with E-state index in [9.17, 15) is 15.0 Å². The molecule has 3 unspecified atom stereocenters. The van der Waals surface area contributed by atoms with Crippen LogP contribution in [0.1, 0.15) is 9.67 Å². The van der Waals surface area contributed by atoms with Gasteiger partial charge in [-0.3, -0.25) is 4.79 Å². The lowest BCUT2D eigenvalue weighted by Gasteiger charge is -2.19. The molecule has 6 heteroatoms. The molecule has 15 heavy (non-hydrogen) atoms. The first kappa shape index (κ1) is 12.3. The Morgan fingerprint density at radius 2 is 2.07 bits per heavy atom. The van der Waals surface area contributed by atoms with Crippen LogP contribution in [-0.4, -0.2) is 51.1 Å². The van der Waals surface area contributed by atoms with E-state index >= 15 is 0 Å². The maximum Gasteiger partial charge on any atom is 0.203 e. The predicted molar refractivity (Wildman–Crippen MR) is 53.8 cm³/mol. The third-order valence-electron chi connectivity index (χ3n) is 1.94. The predicted octanol–water partition coefficient (Wildman–Crippen LogP) is -0.994. The van der Waals surface area contributed by atoms with Gasteiger partial charge in [0.15, 0.2) is 0 Å². The first-order valence-electron chi connectivity index (χ1n) is 4.30. The van der Waals surface area contributed by atoms with E-state index in [1.807, 2.05) is 0 Å². The van der Waals surface area contributed by atoms with Gasteiger partial charge in [0.05, 0.1) is 11.5 Å². The second-order valence-electron chi connectivity index (χ2n) is 3.03. The standard InChI is InChI=1S/C9H12O5S/c10-4-5(11)7(12)9(14)8(13)6-2-1-3-15-6/h1-3,5,7,9-12,14H,4H2. The largest absolute Gasteiger partial charge is 0.394 e. The number of carbonyl (C=O) groups excluding carboxylic acids is 1. The minimum atomic E-state index is -1.72. The number of hydrogen-bond acceptors (Lipinski definition) is 6. The SMILES string of the molecule is O=C(c1cccs1)C(O)C(O)C(O)CO. The third-order valence-corrected chi connectivity index (χ3v) is 2.82. The van der Waals surface area contributed by atoms with E-state index in [2.05, 4.69) is 0 Å². The molecule has 1 aromatic heterocycles. The van der Waals surface area contributed by atoms with Crippen LogP contribution in [0.15, 0.2) is 17.5 Å². The van der Waals surface area contributed by atoms with E-state index in [1.165, 1.54) is 6.07 Å². The Morgan fingerprint density at radius 3 is 2.53 bits per heavy atom. The third kappa shape index (κ3) is 2.83. The molecule has 0 radical (unpaired) electrons. The number of thiophene rings is 1. The number of aliphatic hydroxyl groups is 4. The Kier molecular flexibility index (Phi) is 4.37. The molecule has 3 atom stereocenters. The Morgan fingerprint density at radius 1 is 1.40 bits per heavy atom. The Labute approximate surface area is 90.2 Å². The summed E-state index contributed by atoms with van der Waals surface area (Å²) in [5.41, 5.74) is 0. The van der Waals surface area contributed by atoms with Gasteiger partial charge in [0.25, 0.3) is 0 Å². The van der Waals surface area contributed by atoms with Crippen molar-refractivity contribution in [3.05, 3.63) is 22.4 Å². The molecule has 0 aliphatic carbocycles. The molecule has 0 aliphatic rings. The van der Waals surface area contributed by atoms with Gasteiger partial charge in [-0.05, 0) is 11.4 Å². The van der Waals surface area contributed by atoms with Crippen LogP contribution in [0, 0.1) is 0 Å². The van der Waals surface area contributed by atoms with Crippen molar-refractivity contribution >= 4 is 17.1 Å². The number of carbonyl (C=O) groups is 1. The highest BCUT2D eigenvalue weighted by atomic mass is 32.1. The van der Waals surface area contributed by atoms with Crippen LogP contribution in [0.4, 0.5) is 0 Å². The van der Waals surface area contributed by atoms with Crippen LogP contribution < -0.4 is 0 Å². The zero-order valence-corrected chi connectivity index (χ0v) is 8.59. The van der Waals surface area contributed by atoms with E-state index in [1.54, 1.807) is 11.4 Å². The van der Waals surface area contributed by atoms with Gasteiger partial charge in [0.1, 0.15) is 18.3 Å². The van der Waals surface area contributed by atoms with Gasteiger partial charge >= 0.3 is 0 Å². The molecule has 0 spiro atoms. The van der Waals surface area contributed by atoms with Gasteiger partial charge in [-0.2, -0.15) is 0 Å². The monoisotopic (exact) mass is 232 g/mol. The first-order valence-corrected chi connectivity index (χ1v) is 5.18. The van der Waals surface area contributed by atoms with Crippen LogP contribution >= 0.6 is 11.3 Å². The summed E-state index contributed by atoms with van der Waals surface area (Å²) in [6.45, 7) is -0.712. The van der Waals surface area contributed by atoms with Crippen LogP contribution in [0.3, 0.4) is 0 Å². The molecule has 0 saturated carbocycles. The van der Waals surface area contributed by atoms with Crippen LogP contribution in [0.2, 0.25) is 0 Å². The van der Waals surface area contributed by atoms with Gasteiger partial charge in [0, 0.05) is 0 Å². The number of rotatable bonds is 5. The second-order valence-corrected chi connectivity index (χ2v) is 3.97. The normalized spacial score (nSPS) is 17.1. The van der Waals surface area contributed by atoms with Crippen molar-refractivity contribution < 1.29 is 25.2 Å². The summed E-state index contributed by atoms with van der Waals surface area (Å²) in [5.74, 6) is -0.662. The van der Waals surface area contributed by atoms with E-state index in [-0.39, 0.29) is 0 Å². The number of Topliss-reactive ketones (excluding diaryl/α,β-unsaturated/α-hetero) is 1. The fourth-order valence-electron chi connectivity index (χ4n) is 1.04. The molecule has 0 aliphatic heterocycles. The zero-order valence-electron chi connectivity index (χ0n) is 7.78. The van der Waals surface area contributed by atoms with Gasteiger partial charge < -0.3 is 20.4 Å². The van der Waals surface area contributed by atoms with Crippen LogP contribution in [0.5, 0.6) is 0 Å². The lowest BCUT2D eigenvalue weighted by molar-refractivity contribution is -0.0645. The van der Waals surface area contributed by atoms with Crippen molar-refractivity contribution in [2.45, 2.75) is 18.3 Å². The van der Waals surface area contributed by atoms with Crippen LogP contribution in [-0.2, 0) is 0 Å². The van der Waals surface area contributed by atoms with Crippen molar-refractivity contribution in [2.24, 2.45) is 0 Å². The zero-order chi connectivity index (χ0) is 11.4. The smallest absolute Gasteiger partial charge is 0.203 e. The maximum absolute atomic E-state index is 11.5. The Hall–Kier alpha value is -0.790. The van der Waals surface area contributed by atoms with E-state index < -0.39 is 30.7 Å². The summed E-state index contributed by atoms with van der Waals surface area (Å²) in [6.07, 6.45) is -4.92. The van der Waals surface area contributed by atoms with Gasteiger partial charge in [-0.1, -0.05) is 6.07 Å². The first-order chi connectivity index (χ1) is 7.07.